The maximum atomic E-state index is 9.30. The molecule has 1 aliphatic rings. The zero-order valence-corrected chi connectivity index (χ0v) is 12.7. The van der Waals surface area contributed by atoms with Crippen molar-refractivity contribution in [2.24, 2.45) is 0 Å². The third kappa shape index (κ3) is 4.25. The second-order valence-corrected chi connectivity index (χ2v) is 6.08. The van der Waals surface area contributed by atoms with E-state index in [0.29, 0.717) is 12.6 Å². The maximum absolute atomic E-state index is 9.30. The minimum Gasteiger partial charge on any atom is -0.493 e. The molecule has 1 fully saturated rings. The fraction of sp³-hybridized carbons (Fsp3) is 0.588. The smallest absolute Gasteiger partial charge is 0.122 e. The van der Waals surface area contributed by atoms with Gasteiger partial charge in [-0.25, -0.2) is 0 Å². The van der Waals surface area contributed by atoms with Gasteiger partial charge in [0.15, 0.2) is 0 Å². The predicted molar refractivity (Wildman–Crippen MR) is 80.8 cm³/mol. The second-order valence-electron chi connectivity index (χ2n) is 6.08. The van der Waals surface area contributed by atoms with Gasteiger partial charge in [0, 0.05) is 6.04 Å². The largest absolute Gasteiger partial charge is 0.493 e. The lowest BCUT2D eigenvalue weighted by Gasteiger charge is -2.23. The number of ether oxygens (including phenoxy) is 1. The molecule has 1 aromatic rings. The average molecular weight is 272 g/mol. The summed E-state index contributed by atoms with van der Waals surface area (Å²) in [6, 6.07) is 9.17. The van der Waals surface area contributed by atoms with E-state index in [1.807, 2.05) is 13.0 Å². The molecule has 0 amide bonds. The van der Waals surface area contributed by atoms with E-state index in [1.165, 1.54) is 24.0 Å². The van der Waals surface area contributed by atoms with Gasteiger partial charge < -0.3 is 4.74 Å². The Balaban J connectivity index is 1.76. The van der Waals surface area contributed by atoms with E-state index in [-0.39, 0.29) is 0 Å². The van der Waals surface area contributed by atoms with Crippen LogP contribution in [0.15, 0.2) is 18.2 Å². The van der Waals surface area contributed by atoms with Gasteiger partial charge in [-0.3, -0.25) is 5.32 Å². The minimum atomic E-state index is -0.410. The van der Waals surface area contributed by atoms with E-state index < -0.39 is 5.54 Å². The fourth-order valence-electron chi connectivity index (χ4n) is 2.41. The van der Waals surface area contributed by atoms with Crippen LogP contribution in [0.1, 0.15) is 43.7 Å². The summed E-state index contributed by atoms with van der Waals surface area (Å²) in [5.41, 5.74) is 2.01. The second kappa shape index (κ2) is 6.28. The van der Waals surface area contributed by atoms with Crippen LogP contribution in [0.2, 0.25) is 0 Å². The van der Waals surface area contributed by atoms with E-state index in [0.717, 1.165) is 18.6 Å². The van der Waals surface area contributed by atoms with E-state index in [2.05, 4.69) is 37.4 Å². The lowest BCUT2D eigenvalue weighted by molar-refractivity contribution is 0.283. The molecule has 1 saturated carbocycles. The highest BCUT2D eigenvalue weighted by Crippen LogP contribution is 2.25. The Bertz CT molecular complexity index is 502. The number of rotatable bonds is 7. The molecular formula is C17H24N2O. The van der Waals surface area contributed by atoms with Gasteiger partial charge in [0.25, 0.3) is 0 Å². The van der Waals surface area contributed by atoms with Gasteiger partial charge in [0.2, 0.25) is 0 Å². The van der Waals surface area contributed by atoms with Crippen LogP contribution >= 0.6 is 0 Å². The molecule has 1 aromatic carbocycles. The Hall–Kier alpha value is -1.53. The third-order valence-electron chi connectivity index (χ3n) is 3.76. The molecule has 0 heterocycles. The summed E-state index contributed by atoms with van der Waals surface area (Å²) in [5, 5.41) is 12.7. The Labute approximate surface area is 121 Å². The van der Waals surface area contributed by atoms with Crippen molar-refractivity contribution in [3.8, 4) is 11.8 Å². The van der Waals surface area contributed by atoms with E-state index in [1.54, 1.807) is 0 Å². The lowest BCUT2D eigenvalue weighted by atomic mass is 9.98. The van der Waals surface area contributed by atoms with Crippen LogP contribution in [0.4, 0.5) is 0 Å². The van der Waals surface area contributed by atoms with Gasteiger partial charge in [-0.1, -0.05) is 17.7 Å². The number of benzene rings is 1. The number of hydrogen-bond acceptors (Lipinski definition) is 3. The van der Waals surface area contributed by atoms with Gasteiger partial charge in [-0.2, -0.15) is 5.26 Å². The predicted octanol–water partition coefficient (Wildman–Crippen LogP) is 3.50. The van der Waals surface area contributed by atoms with Crippen molar-refractivity contribution in [1.29, 1.82) is 5.26 Å². The molecule has 0 saturated heterocycles. The van der Waals surface area contributed by atoms with Crippen LogP contribution in [-0.2, 0) is 0 Å². The third-order valence-corrected chi connectivity index (χ3v) is 3.76. The molecule has 0 aromatic heterocycles. The molecule has 0 spiro atoms. The molecule has 0 aliphatic heterocycles. The summed E-state index contributed by atoms with van der Waals surface area (Å²) >= 11 is 0. The van der Waals surface area contributed by atoms with Crippen LogP contribution in [0.5, 0.6) is 5.75 Å². The maximum Gasteiger partial charge on any atom is 0.122 e. The monoisotopic (exact) mass is 272 g/mol. The van der Waals surface area contributed by atoms with Crippen molar-refractivity contribution in [3.05, 3.63) is 29.3 Å². The van der Waals surface area contributed by atoms with E-state index in [4.69, 9.17) is 4.74 Å². The number of nitriles is 1. The van der Waals surface area contributed by atoms with Crippen LogP contribution in [0, 0.1) is 25.2 Å². The molecule has 1 unspecified atom stereocenters. The van der Waals surface area contributed by atoms with Crippen molar-refractivity contribution in [1.82, 2.24) is 5.32 Å². The summed E-state index contributed by atoms with van der Waals surface area (Å²) in [4.78, 5) is 0. The molecule has 1 N–H and O–H groups in total. The van der Waals surface area contributed by atoms with Gasteiger partial charge in [0.05, 0.1) is 12.7 Å². The van der Waals surface area contributed by atoms with Gasteiger partial charge >= 0.3 is 0 Å². The Kier molecular flexibility index (Phi) is 4.67. The fourth-order valence-corrected chi connectivity index (χ4v) is 2.41. The molecule has 3 nitrogen and oxygen atoms in total. The van der Waals surface area contributed by atoms with Crippen LogP contribution in [-0.4, -0.2) is 18.2 Å². The quantitative estimate of drug-likeness (QED) is 0.773. The van der Waals surface area contributed by atoms with Crippen molar-refractivity contribution >= 4 is 0 Å². The molecule has 1 aliphatic carbocycles. The molecule has 108 valence electrons. The van der Waals surface area contributed by atoms with E-state index in [9.17, 15) is 5.26 Å². The van der Waals surface area contributed by atoms with Crippen molar-refractivity contribution in [3.63, 3.8) is 0 Å². The minimum absolute atomic E-state index is 0.410. The van der Waals surface area contributed by atoms with Crippen molar-refractivity contribution < 1.29 is 4.74 Å². The van der Waals surface area contributed by atoms with Gasteiger partial charge in [-0.05, 0) is 58.1 Å². The number of nitrogens with one attached hydrogen (secondary N) is 1. The van der Waals surface area contributed by atoms with Crippen molar-refractivity contribution in [2.45, 2.75) is 58.0 Å². The summed E-state index contributed by atoms with van der Waals surface area (Å²) in [5.74, 6) is 0.949. The summed E-state index contributed by atoms with van der Waals surface area (Å²) in [6.45, 7) is 6.80. The molecule has 20 heavy (non-hydrogen) atoms. The summed E-state index contributed by atoms with van der Waals surface area (Å²) in [6.07, 6.45) is 4.12. The van der Waals surface area contributed by atoms with Crippen LogP contribution < -0.4 is 10.1 Å². The molecule has 0 radical (unpaired) electrons. The normalized spacial score (nSPS) is 17.3. The zero-order valence-electron chi connectivity index (χ0n) is 12.7. The van der Waals surface area contributed by atoms with Gasteiger partial charge in [-0.15, -0.1) is 0 Å². The molecule has 0 bridgehead atoms. The van der Waals surface area contributed by atoms with Crippen molar-refractivity contribution in [2.75, 3.05) is 6.61 Å². The molecular weight excluding hydrogens is 248 g/mol. The highest BCUT2D eigenvalue weighted by atomic mass is 16.5. The highest BCUT2D eigenvalue weighted by Gasteiger charge is 2.31. The Morgan fingerprint density at radius 3 is 2.75 bits per heavy atom. The summed E-state index contributed by atoms with van der Waals surface area (Å²) < 4.78 is 5.82. The number of hydrogen-bond donors (Lipinski definition) is 1. The highest BCUT2D eigenvalue weighted by molar-refractivity contribution is 5.35. The Morgan fingerprint density at radius 1 is 1.40 bits per heavy atom. The Morgan fingerprint density at radius 2 is 2.15 bits per heavy atom. The SMILES string of the molecule is Cc1ccc(OCCCC(C)(C#N)NC2CC2)c(C)c1. The first kappa shape index (κ1) is 14.9. The van der Waals surface area contributed by atoms with Crippen LogP contribution in [0.25, 0.3) is 0 Å². The zero-order chi connectivity index (χ0) is 14.6. The molecule has 1 atom stereocenters. The lowest BCUT2D eigenvalue weighted by Crippen LogP contribution is -2.42. The summed E-state index contributed by atoms with van der Waals surface area (Å²) in [7, 11) is 0. The first-order valence-corrected chi connectivity index (χ1v) is 7.41. The molecule has 2 rings (SSSR count). The first-order chi connectivity index (χ1) is 9.52. The van der Waals surface area contributed by atoms with Crippen LogP contribution in [0.3, 0.4) is 0 Å². The standard InChI is InChI=1S/C17H24N2O/c1-13-5-8-16(14(2)11-13)20-10-4-9-17(3,12-18)19-15-6-7-15/h5,8,11,15,19H,4,6-7,9-10H2,1-3H3. The number of aryl methyl sites for hydroxylation is 2. The first-order valence-electron chi connectivity index (χ1n) is 7.41. The van der Waals surface area contributed by atoms with E-state index >= 15 is 0 Å². The van der Waals surface area contributed by atoms with Gasteiger partial charge in [0.1, 0.15) is 11.3 Å². The number of nitrogens with zero attached hydrogens (tertiary/aromatic N) is 1. The molecule has 3 heteroatoms. The topological polar surface area (TPSA) is 45.0 Å². The average Bonchev–Trinajstić information content (AvgIpc) is 3.20.